The molecule has 0 radical (unpaired) electrons. The fourth-order valence-electron chi connectivity index (χ4n) is 7.80. The van der Waals surface area contributed by atoms with Gasteiger partial charge in [-0.1, -0.05) is 36.4 Å². The molecular weight excluding hydrogens is 702 g/mol. The van der Waals surface area contributed by atoms with Crippen LogP contribution in [0, 0.1) is 39.3 Å². The normalized spacial score (nSPS) is 20.0. The van der Waals surface area contributed by atoms with Crippen LogP contribution in [0.3, 0.4) is 0 Å². The highest BCUT2D eigenvalue weighted by atomic mass is 19.1. The molecule has 10 heteroatoms. The van der Waals surface area contributed by atoms with E-state index in [1.54, 1.807) is 30.3 Å². The maximum Gasteiger partial charge on any atom is 0.123 e. The molecule has 4 aromatic carbocycles. The third kappa shape index (κ3) is 10.1. The average molecular weight is 755 g/mol. The van der Waals surface area contributed by atoms with Crippen LogP contribution < -0.4 is 10.6 Å². The molecule has 2 fully saturated rings. The van der Waals surface area contributed by atoms with Gasteiger partial charge >= 0.3 is 0 Å². The Labute approximate surface area is 315 Å². The van der Waals surface area contributed by atoms with E-state index in [4.69, 9.17) is 9.47 Å². The number of alkyl halides is 4. The molecule has 292 valence electrons. The molecule has 4 atom stereocenters. The number of rotatable bonds is 12. The Bertz CT molecular complexity index is 1850. The summed E-state index contributed by atoms with van der Waals surface area (Å²) in [5.41, 5.74) is 9.09. The summed E-state index contributed by atoms with van der Waals surface area (Å²) < 4.78 is 92.1. The van der Waals surface area contributed by atoms with E-state index in [1.807, 2.05) is 45.9 Å². The number of halogens is 6. The summed E-state index contributed by atoms with van der Waals surface area (Å²) in [6.07, 6.45) is 1.64. The van der Waals surface area contributed by atoms with Crippen molar-refractivity contribution in [3.63, 3.8) is 0 Å². The van der Waals surface area contributed by atoms with Crippen molar-refractivity contribution in [2.45, 2.75) is 104 Å². The van der Waals surface area contributed by atoms with E-state index in [-0.39, 0.29) is 35.7 Å². The highest BCUT2D eigenvalue weighted by Gasteiger charge is 2.30. The highest BCUT2D eigenvalue weighted by molar-refractivity contribution is 5.40. The van der Waals surface area contributed by atoms with Crippen LogP contribution in [-0.2, 0) is 49.4 Å². The van der Waals surface area contributed by atoms with Gasteiger partial charge in [-0.25, -0.2) is 26.3 Å². The molecule has 2 N–H and O–H groups in total. The lowest BCUT2D eigenvalue weighted by molar-refractivity contribution is 0.00641. The monoisotopic (exact) mass is 754 g/mol. The van der Waals surface area contributed by atoms with Crippen LogP contribution in [0.5, 0.6) is 0 Å². The molecule has 0 spiro atoms. The standard InChI is InChI=1S/2C22H26F3NO/c1-14-7-19(25)3-4-20(14)21-12-26-6-5-22(21)27-13-18-9-16(10-23)8-17(11-24)15(18)2;1-14-9-18(25)5-6-19(14)21-12-26-8-7-22(21)27-13-17-4-3-16(10-23)20(11-24)15(17)2/h3-4,7-9,21-22,26H,5-6,10-13H2,1-2H3;3-6,9,21-22,26H,7-8,10-13H2,1-2H3. The van der Waals surface area contributed by atoms with Gasteiger partial charge in [-0.2, -0.15) is 0 Å². The summed E-state index contributed by atoms with van der Waals surface area (Å²) in [7, 11) is 0. The van der Waals surface area contributed by atoms with Crippen LogP contribution >= 0.6 is 0 Å². The summed E-state index contributed by atoms with van der Waals surface area (Å²) in [5, 5.41) is 6.76. The second kappa shape index (κ2) is 19.8. The molecule has 0 saturated carbocycles. The van der Waals surface area contributed by atoms with E-state index < -0.39 is 26.7 Å². The number of nitrogens with one attached hydrogen (secondary N) is 2. The van der Waals surface area contributed by atoms with E-state index in [2.05, 4.69) is 10.6 Å². The quantitative estimate of drug-likeness (QED) is 0.141. The summed E-state index contributed by atoms with van der Waals surface area (Å²) in [4.78, 5) is 0. The van der Waals surface area contributed by atoms with Gasteiger partial charge in [-0.3, -0.25) is 0 Å². The number of ether oxygens (including phenoxy) is 2. The number of hydrogen-bond acceptors (Lipinski definition) is 4. The minimum atomic E-state index is -0.677. The summed E-state index contributed by atoms with van der Waals surface area (Å²) in [6.45, 7) is 8.81. The third-order valence-corrected chi connectivity index (χ3v) is 11.1. The van der Waals surface area contributed by atoms with Crippen LogP contribution in [0.4, 0.5) is 26.3 Å². The molecule has 6 rings (SSSR count). The van der Waals surface area contributed by atoms with E-state index in [1.165, 1.54) is 12.1 Å². The fraction of sp³-hybridized carbons (Fsp3) is 0.455. The van der Waals surface area contributed by atoms with E-state index in [0.717, 1.165) is 83.5 Å². The molecule has 54 heavy (non-hydrogen) atoms. The largest absolute Gasteiger partial charge is 0.373 e. The number of hydrogen-bond donors (Lipinski definition) is 2. The molecule has 0 amide bonds. The molecule has 4 aromatic rings. The Kier molecular flexibility index (Phi) is 15.2. The molecule has 2 aliphatic rings. The first-order chi connectivity index (χ1) is 26.1. The predicted molar refractivity (Wildman–Crippen MR) is 201 cm³/mol. The molecule has 0 bridgehead atoms. The number of piperidine rings is 2. The van der Waals surface area contributed by atoms with Crippen molar-refractivity contribution in [2.75, 3.05) is 26.2 Å². The van der Waals surface area contributed by atoms with Crippen molar-refractivity contribution in [1.29, 1.82) is 0 Å². The van der Waals surface area contributed by atoms with Gasteiger partial charge in [0.05, 0.1) is 25.4 Å². The van der Waals surface area contributed by atoms with Crippen LogP contribution in [0.25, 0.3) is 0 Å². The Morgan fingerprint density at radius 2 is 1.06 bits per heavy atom. The zero-order valence-corrected chi connectivity index (χ0v) is 31.7. The third-order valence-electron chi connectivity index (χ3n) is 11.1. The Morgan fingerprint density at radius 3 is 1.54 bits per heavy atom. The zero-order chi connectivity index (χ0) is 38.8. The Balaban J connectivity index is 0.000000208. The average Bonchev–Trinajstić information content (AvgIpc) is 3.17. The van der Waals surface area contributed by atoms with Crippen molar-refractivity contribution in [3.8, 4) is 0 Å². The molecule has 2 saturated heterocycles. The molecule has 2 aliphatic heterocycles. The maximum absolute atomic E-state index is 13.5. The van der Waals surface area contributed by atoms with Gasteiger partial charge in [-0.15, -0.1) is 0 Å². The maximum atomic E-state index is 13.5. The molecule has 0 aromatic heterocycles. The van der Waals surface area contributed by atoms with Gasteiger partial charge in [0.15, 0.2) is 0 Å². The Hall–Kier alpha value is -3.70. The van der Waals surface area contributed by atoms with Gasteiger partial charge in [0, 0.05) is 24.9 Å². The molecule has 4 unspecified atom stereocenters. The van der Waals surface area contributed by atoms with Crippen molar-refractivity contribution < 1.29 is 35.8 Å². The fourth-order valence-corrected chi connectivity index (χ4v) is 7.80. The first-order valence-corrected chi connectivity index (χ1v) is 18.7. The van der Waals surface area contributed by atoms with E-state index >= 15 is 0 Å². The second-order valence-corrected chi connectivity index (χ2v) is 14.5. The van der Waals surface area contributed by atoms with Crippen LogP contribution in [0.2, 0.25) is 0 Å². The summed E-state index contributed by atoms with van der Waals surface area (Å²) >= 11 is 0. The lowest BCUT2D eigenvalue weighted by atomic mass is 9.86. The van der Waals surface area contributed by atoms with Gasteiger partial charge in [0.2, 0.25) is 0 Å². The summed E-state index contributed by atoms with van der Waals surface area (Å²) in [5.74, 6) is -0.232. The van der Waals surface area contributed by atoms with Crippen LogP contribution in [-0.4, -0.2) is 38.4 Å². The molecular formula is C44H52F6N2O2. The Morgan fingerprint density at radius 1 is 0.556 bits per heavy atom. The minimum absolute atomic E-state index is 0.00973. The molecule has 4 nitrogen and oxygen atoms in total. The molecule has 2 heterocycles. The minimum Gasteiger partial charge on any atom is -0.373 e. The van der Waals surface area contributed by atoms with Crippen molar-refractivity contribution in [1.82, 2.24) is 10.6 Å². The topological polar surface area (TPSA) is 42.5 Å². The number of aryl methyl sites for hydroxylation is 2. The summed E-state index contributed by atoms with van der Waals surface area (Å²) in [6, 6.07) is 16.5. The first kappa shape index (κ1) is 41.5. The number of benzene rings is 4. The van der Waals surface area contributed by atoms with E-state index in [9.17, 15) is 26.3 Å². The SMILES string of the molecule is Cc1cc(F)ccc1C1CNCCC1OCc1cc(CF)cc(CF)c1C.Cc1cc(F)ccc1C1CNCCC1OCc1ccc(CF)c(CF)c1C. The van der Waals surface area contributed by atoms with Crippen molar-refractivity contribution >= 4 is 0 Å². The van der Waals surface area contributed by atoms with Crippen LogP contribution in [0.15, 0.2) is 60.7 Å². The second-order valence-electron chi connectivity index (χ2n) is 14.5. The zero-order valence-electron chi connectivity index (χ0n) is 31.7. The lowest BCUT2D eigenvalue weighted by Crippen LogP contribution is -2.40. The first-order valence-electron chi connectivity index (χ1n) is 18.7. The predicted octanol–water partition coefficient (Wildman–Crippen LogP) is 10.1. The van der Waals surface area contributed by atoms with Crippen LogP contribution in [0.1, 0.15) is 91.4 Å². The molecule has 0 aliphatic carbocycles. The smallest absolute Gasteiger partial charge is 0.123 e. The van der Waals surface area contributed by atoms with Crippen molar-refractivity contribution in [3.05, 3.63) is 139 Å². The highest BCUT2D eigenvalue weighted by Crippen LogP contribution is 2.32. The van der Waals surface area contributed by atoms with Gasteiger partial charge in [0.25, 0.3) is 0 Å². The van der Waals surface area contributed by atoms with Gasteiger partial charge in [-0.05, 0) is 145 Å². The van der Waals surface area contributed by atoms with Gasteiger partial charge in [0.1, 0.15) is 38.3 Å². The lowest BCUT2D eigenvalue weighted by Gasteiger charge is -2.33. The van der Waals surface area contributed by atoms with E-state index in [0.29, 0.717) is 35.5 Å². The van der Waals surface area contributed by atoms with Crippen molar-refractivity contribution in [2.24, 2.45) is 0 Å². The van der Waals surface area contributed by atoms with Gasteiger partial charge < -0.3 is 20.1 Å².